The number of hydrogen-bond donors (Lipinski definition) is 1. The molecule has 1 N–H and O–H groups in total. The van der Waals surface area contributed by atoms with Gasteiger partial charge in [-0.3, -0.25) is 0 Å². The molecule has 3 unspecified atom stereocenters. The first-order chi connectivity index (χ1) is 9.69. The summed E-state index contributed by atoms with van der Waals surface area (Å²) < 4.78 is 6.86. The molecular formula is C17H23NOS. The summed E-state index contributed by atoms with van der Waals surface area (Å²) in [6.45, 7) is 4.54. The van der Waals surface area contributed by atoms with Crippen molar-refractivity contribution < 1.29 is 4.74 Å². The molecule has 3 heteroatoms. The standard InChI is InChI=1S/C17H23NOS/c1-11-15-6-4-5-7-16(15)20-17(11)12(2)18-13-8-9-14(10-13)19-3/h4-7,12-14,18H,8-10H2,1-3H3. The Balaban J connectivity index is 1.76. The van der Waals surface area contributed by atoms with E-state index < -0.39 is 0 Å². The summed E-state index contributed by atoms with van der Waals surface area (Å²) in [6, 6.07) is 9.73. The van der Waals surface area contributed by atoms with Crippen molar-refractivity contribution in [1.82, 2.24) is 5.32 Å². The molecule has 0 aliphatic heterocycles. The van der Waals surface area contributed by atoms with Crippen LogP contribution in [-0.2, 0) is 4.74 Å². The van der Waals surface area contributed by atoms with Crippen LogP contribution in [0, 0.1) is 6.92 Å². The normalized spacial score (nSPS) is 24.4. The number of fused-ring (bicyclic) bond motifs is 1. The van der Waals surface area contributed by atoms with E-state index in [0.29, 0.717) is 18.2 Å². The van der Waals surface area contributed by atoms with Crippen LogP contribution in [0.3, 0.4) is 0 Å². The molecule has 108 valence electrons. The molecule has 0 saturated heterocycles. The number of thiophene rings is 1. The minimum atomic E-state index is 0.424. The zero-order valence-electron chi connectivity index (χ0n) is 12.5. The van der Waals surface area contributed by atoms with Gasteiger partial charge in [0.1, 0.15) is 0 Å². The Morgan fingerprint density at radius 2 is 2.10 bits per heavy atom. The summed E-state index contributed by atoms with van der Waals surface area (Å²) in [4.78, 5) is 1.48. The zero-order chi connectivity index (χ0) is 14.1. The number of methoxy groups -OCH3 is 1. The summed E-state index contributed by atoms with van der Waals surface area (Å²) in [5.74, 6) is 0. The number of nitrogens with one attached hydrogen (secondary N) is 1. The molecule has 20 heavy (non-hydrogen) atoms. The maximum absolute atomic E-state index is 5.46. The number of ether oxygens (including phenoxy) is 1. The van der Waals surface area contributed by atoms with E-state index in [9.17, 15) is 0 Å². The average molecular weight is 289 g/mol. The van der Waals surface area contributed by atoms with E-state index in [1.54, 1.807) is 0 Å². The molecule has 1 aliphatic carbocycles. The van der Waals surface area contributed by atoms with Gasteiger partial charge in [-0.15, -0.1) is 11.3 Å². The van der Waals surface area contributed by atoms with E-state index in [1.165, 1.54) is 33.4 Å². The Kier molecular flexibility index (Phi) is 4.11. The van der Waals surface area contributed by atoms with Crippen molar-refractivity contribution in [2.24, 2.45) is 0 Å². The number of benzene rings is 1. The van der Waals surface area contributed by atoms with Crippen LogP contribution in [-0.4, -0.2) is 19.3 Å². The van der Waals surface area contributed by atoms with Crippen molar-refractivity contribution in [3.8, 4) is 0 Å². The monoisotopic (exact) mass is 289 g/mol. The Bertz CT molecular complexity index is 592. The average Bonchev–Trinajstić information content (AvgIpc) is 3.04. The van der Waals surface area contributed by atoms with Gasteiger partial charge in [0.05, 0.1) is 6.10 Å². The molecule has 3 rings (SSSR count). The topological polar surface area (TPSA) is 21.3 Å². The summed E-state index contributed by atoms with van der Waals surface area (Å²) in [5.41, 5.74) is 1.44. The predicted molar refractivity (Wildman–Crippen MR) is 86.5 cm³/mol. The first-order valence-corrected chi connectivity index (χ1v) is 8.27. The number of hydrogen-bond acceptors (Lipinski definition) is 3. The van der Waals surface area contributed by atoms with Crippen LogP contribution in [0.5, 0.6) is 0 Å². The van der Waals surface area contributed by atoms with Crippen molar-refractivity contribution in [2.45, 2.75) is 51.3 Å². The van der Waals surface area contributed by atoms with Crippen molar-refractivity contribution in [3.63, 3.8) is 0 Å². The Hall–Kier alpha value is -0.900. The van der Waals surface area contributed by atoms with E-state index in [0.717, 1.165) is 6.42 Å². The fraction of sp³-hybridized carbons (Fsp3) is 0.529. The molecule has 1 aromatic carbocycles. The van der Waals surface area contributed by atoms with Crippen molar-refractivity contribution in [3.05, 3.63) is 34.7 Å². The fourth-order valence-corrected chi connectivity index (χ4v) is 4.56. The Morgan fingerprint density at radius 3 is 2.80 bits per heavy atom. The molecule has 1 aliphatic rings. The van der Waals surface area contributed by atoms with Crippen molar-refractivity contribution in [2.75, 3.05) is 7.11 Å². The molecule has 1 fully saturated rings. The highest BCUT2D eigenvalue weighted by atomic mass is 32.1. The lowest BCUT2D eigenvalue weighted by atomic mass is 10.1. The van der Waals surface area contributed by atoms with Gasteiger partial charge in [0.2, 0.25) is 0 Å². The maximum atomic E-state index is 5.46. The second-order valence-corrected chi connectivity index (χ2v) is 6.93. The second-order valence-electron chi connectivity index (χ2n) is 5.84. The fourth-order valence-electron chi connectivity index (χ4n) is 3.34. The van der Waals surface area contributed by atoms with Gasteiger partial charge < -0.3 is 10.1 Å². The molecule has 2 aromatic rings. The summed E-state index contributed by atoms with van der Waals surface area (Å²) in [6.07, 6.45) is 4.01. The molecule has 1 saturated carbocycles. The molecule has 0 spiro atoms. The SMILES string of the molecule is COC1CCC(NC(C)c2sc3ccccc3c2C)C1. The zero-order valence-corrected chi connectivity index (χ0v) is 13.3. The predicted octanol–water partition coefficient (Wildman–Crippen LogP) is 4.43. The van der Waals surface area contributed by atoms with Gasteiger partial charge in [-0.2, -0.15) is 0 Å². The minimum absolute atomic E-state index is 0.424. The Morgan fingerprint density at radius 1 is 1.30 bits per heavy atom. The molecule has 1 aromatic heterocycles. The van der Waals surface area contributed by atoms with Crippen LogP contribution in [0.2, 0.25) is 0 Å². The van der Waals surface area contributed by atoms with E-state index >= 15 is 0 Å². The molecule has 0 radical (unpaired) electrons. The van der Waals surface area contributed by atoms with Gasteiger partial charge >= 0.3 is 0 Å². The van der Waals surface area contributed by atoms with Crippen LogP contribution < -0.4 is 5.32 Å². The Labute approximate surface area is 125 Å². The minimum Gasteiger partial charge on any atom is -0.381 e. The lowest BCUT2D eigenvalue weighted by Crippen LogP contribution is -2.29. The second kappa shape index (κ2) is 5.84. The molecule has 1 heterocycles. The highest BCUT2D eigenvalue weighted by Crippen LogP contribution is 2.35. The van der Waals surface area contributed by atoms with Crippen LogP contribution in [0.15, 0.2) is 24.3 Å². The van der Waals surface area contributed by atoms with Crippen LogP contribution in [0.25, 0.3) is 10.1 Å². The highest BCUT2D eigenvalue weighted by molar-refractivity contribution is 7.19. The van der Waals surface area contributed by atoms with Crippen LogP contribution in [0.4, 0.5) is 0 Å². The van der Waals surface area contributed by atoms with Crippen molar-refractivity contribution in [1.29, 1.82) is 0 Å². The third-order valence-electron chi connectivity index (χ3n) is 4.48. The molecule has 2 nitrogen and oxygen atoms in total. The molecule has 3 atom stereocenters. The van der Waals surface area contributed by atoms with E-state index in [2.05, 4.69) is 43.4 Å². The quantitative estimate of drug-likeness (QED) is 0.899. The number of aryl methyl sites for hydroxylation is 1. The molecular weight excluding hydrogens is 266 g/mol. The first-order valence-electron chi connectivity index (χ1n) is 7.46. The van der Waals surface area contributed by atoms with Gasteiger partial charge in [-0.1, -0.05) is 18.2 Å². The maximum Gasteiger partial charge on any atom is 0.0586 e. The van der Waals surface area contributed by atoms with Crippen molar-refractivity contribution >= 4 is 21.4 Å². The summed E-state index contributed by atoms with van der Waals surface area (Å²) >= 11 is 1.93. The van der Waals surface area contributed by atoms with Gasteiger partial charge in [0.25, 0.3) is 0 Å². The smallest absolute Gasteiger partial charge is 0.0586 e. The van der Waals surface area contributed by atoms with Gasteiger partial charge in [-0.25, -0.2) is 0 Å². The van der Waals surface area contributed by atoms with Crippen LogP contribution in [0.1, 0.15) is 42.7 Å². The lowest BCUT2D eigenvalue weighted by molar-refractivity contribution is 0.106. The lowest BCUT2D eigenvalue weighted by Gasteiger charge is -2.19. The highest BCUT2D eigenvalue weighted by Gasteiger charge is 2.26. The van der Waals surface area contributed by atoms with E-state index in [-0.39, 0.29) is 0 Å². The molecule has 0 bridgehead atoms. The summed E-state index contributed by atoms with van der Waals surface area (Å²) in [5, 5.41) is 5.20. The summed E-state index contributed by atoms with van der Waals surface area (Å²) in [7, 11) is 1.83. The number of rotatable bonds is 4. The molecule has 0 amide bonds. The third-order valence-corrected chi connectivity index (χ3v) is 5.93. The van der Waals surface area contributed by atoms with Crippen LogP contribution >= 0.6 is 11.3 Å². The van der Waals surface area contributed by atoms with Gasteiger partial charge in [0, 0.05) is 28.8 Å². The largest absolute Gasteiger partial charge is 0.381 e. The first kappa shape index (κ1) is 14.1. The third kappa shape index (κ3) is 2.62. The van der Waals surface area contributed by atoms with E-state index in [4.69, 9.17) is 4.74 Å². The van der Waals surface area contributed by atoms with E-state index in [1.807, 2.05) is 18.4 Å². The van der Waals surface area contributed by atoms with Gasteiger partial charge in [0.15, 0.2) is 0 Å². The van der Waals surface area contributed by atoms with Gasteiger partial charge in [-0.05, 0) is 50.1 Å².